The molecule has 2 heteroatoms. The van der Waals surface area contributed by atoms with E-state index < -0.39 is 0 Å². The number of benzene rings is 2. The minimum atomic E-state index is 0.144. The molecule has 1 unspecified atom stereocenters. The third-order valence-corrected chi connectivity index (χ3v) is 4.19. The smallest absolute Gasteiger partial charge is 0.220 e. The van der Waals surface area contributed by atoms with Gasteiger partial charge in [0.2, 0.25) is 5.91 Å². The Balaban J connectivity index is 1.69. The van der Waals surface area contributed by atoms with E-state index in [9.17, 15) is 4.79 Å². The monoisotopic (exact) mass is 309 g/mol. The van der Waals surface area contributed by atoms with Gasteiger partial charge in [0.15, 0.2) is 0 Å². The number of carbonyl (C=O) groups is 1. The Labute approximate surface area is 139 Å². The fourth-order valence-corrected chi connectivity index (χ4v) is 2.65. The first-order chi connectivity index (χ1) is 11.2. The van der Waals surface area contributed by atoms with Crippen LogP contribution < -0.4 is 5.32 Å². The number of rotatable bonds is 8. The van der Waals surface area contributed by atoms with Crippen LogP contribution in [0.2, 0.25) is 0 Å². The second kappa shape index (κ2) is 9.14. The van der Waals surface area contributed by atoms with Gasteiger partial charge in [-0.2, -0.15) is 0 Å². The summed E-state index contributed by atoms with van der Waals surface area (Å²) in [5.41, 5.74) is 3.90. The Morgan fingerprint density at radius 3 is 2.17 bits per heavy atom. The summed E-state index contributed by atoms with van der Waals surface area (Å²) in [7, 11) is 0. The van der Waals surface area contributed by atoms with Crippen molar-refractivity contribution >= 4 is 5.91 Å². The molecule has 0 aromatic heterocycles. The Morgan fingerprint density at radius 2 is 1.52 bits per heavy atom. The highest BCUT2D eigenvalue weighted by atomic mass is 16.1. The lowest BCUT2D eigenvalue weighted by Crippen LogP contribution is -2.33. The van der Waals surface area contributed by atoms with Crippen molar-refractivity contribution in [1.82, 2.24) is 5.32 Å². The van der Waals surface area contributed by atoms with E-state index in [1.165, 1.54) is 16.7 Å². The van der Waals surface area contributed by atoms with E-state index >= 15 is 0 Å². The SMILES string of the molecule is CCc1ccc(CCC(=O)NC(C)CCc2ccccc2)cc1. The summed E-state index contributed by atoms with van der Waals surface area (Å²) < 4.78 is 0. The van der Waals surface area contributed by atoms with Gasteiger partial charge in [-0.25, -0.2) is 0 Å². The van der Waals surface area contributed by atoms with Crippen LogP contribution in [0, 0.1) is 0 Å². The van der Waals surface area contributed by atoms with Crippen LogP contribution in [0.3, 0.4) is 0 Å². The maximum Gasteiger partial charge on any atom is 0.220 e. The Morgan fingerprint density at radius 1 is 0.913 bits per heavy atom. The Bertz CT molecular complexity index is 589. The van der Waals surface area contributed by atoms with Gasteiger partial charge < -0.3 is 5.32 Å². The lowest BCUT2D eigenvalue weighted by atomic mass is 10.0. The first kappa shape index (κ1) is 17.3. The zero-order valence-corrected chi connectivity index (χ0v) is 14.2. The average Bonchev–Trinajstić information content (AvgIpc) is 2.59. The average molecular weight is 309 g/mol. The predicted molar refractivity (Wildman–Crippen MR) is 96.5 cm³/mol. The summed E-state index contributed by atoms with van der Waals surface area (Å²) >= 11 is 0. The van der Waals surface area contributed by atoms with E-state index in [-0.39, 0.29) is 11.9 Å². The molecular formula is C21H27NO. The highest BCUT2D eigenvalue weighted by Crippen LogP contribution is 2.08. The molecule has 0 fully saturated rings. The first-order valence-electron chi connectivity index (χ1n) is 8.58. The zero-order chi connectivity index (χ0) is 16.5. The number of amides is 1. The van der Waals surface area contributed by atoms with Crippen molar-refractivity contribution in [3.63, 3.8) is 0 Å². The molecule has 1 amide bonds. The van der Waals surface area contributed by atoms with Gasteiger partial charge >= 0.3 is 0 Å². The predicted octanol–water partition coefficient (Wildman–Crippen LogP) is 4.32. The summed E-state index contributed by atoms with van der Waals surface area (Å²) in [4.78, 5) is 12.1. The second-order valence-electron chi connectivity index (χ2n) is 6.16. The van der Waals surface area contributed by atoms with Crippen LogP contribution in [0.5, 0.6) is 0 Å². The van der Waals surface area contributed by atoms with Crippen LogP contribution in [0.15, 0.2) is 54.6 Å². The van der Waals surface area contributed by atoms with Gasteiger partial charge in [-0.15, -0.1) is 0 Å². The van der Waals surface area contributed by atoms with Gasteiger partial charge in [0.25, 0.3) is 0 Å². The van der Waals surface area contributed by atoms with Gasteiger partial charge in [-0.05, 0) is 49.3 Å². The van der Waals surface area contributed by atoms with E-state index in [4.69, 9.17) is 0 Å². The van der Waals surface area contributed by atoms with Crippen LogP contribution in [0.25, 0.3) is 0 Å². The van der Waals surface area contributed by atoms with Gasteiger partial charge in [-0.1, -0.05) is 61.5 Å². The van der Waals surface area contributed by atoms with Gasteiger partial charge in [-0.3, -0.25) is 4.79 Å². The highest BCUT2D eigenvalue weighted by Gasteiger charge is 2.08. The van der Waals surface area contributed by atoms with Crippen LogP contribution in [-0.4, -0.2) is 11.9 Å². The summed E-state index contributed by atoms with van der Waals surface area (Å²) in [6.07, 6.45) is 4.39. The summed E-state index contributed by atoms with van der Waals surface area (Å²) in [5, 5.41) is 3.10. The number of carbonyl (C=O) groups excluding carboxylic acids is 1. The molecule has 0 aliphatic heterocycles. The molecule has 0 saturated heterocycles. The standard InChI is InChI=1S/C21H27NO/c1-3-18-11-13-20(14-12-18)15-16-21(23)22-17(2)9-10-19-7-5-4-6-8-19/h4-8,11-14,17H,3,9-10,15-16H2,1-2H3,(H,22,23). The molecule has 0 spiro atoms. The summed E-state index contributed by atoms with van der Waals surface area (Å²) in [5.74, 6) is 0.144. The molecule has 0 radical (unpaired) electrons. The summed E-state index contributed by atoms with van der Waals surface area (Å²) in [6.45, 7) is 4.23. The Hall–Kier alpha value is -2.09. The van der Waals surface area contributed by atoms with Gasteiger partial charge in [0, 0.05) is 12.5 Å². The third-order valence-electron chi connectivity index (χ3n) is 4.19. The zero-order valence-electron chi connectivity index (χ0n) is 14.2. The molecule has 0 aliphatic rings. The van der Waals surface area contributed by atoms with Crippen LogP contribution in [-0.2, 0) is 24.1 Å². The molecule has 122 valence electrons. The van der Waals surface area contributed by atoms with Crippen LogP contribution >= 0.6 is 0 Å². The first-order valence-corrected chi connectivity index (χ1v) is 8.58. The molecular weight excluding hydrogens is 282 g/mol. The highest BCUT2D eigenvalue weighted by molar-refractivity contribution is 5.76. The maximum atomic E-state index is 12.1. The minimum absolute atomic E-state index is 0.144. The van der Waals surface area contributed by atoms with E-state index in [1.807, 2.05) is 6.07 Å². The number of nitrogens with one attached hydrogen (secondary N) is 1. The van der Waals surface area contributed by atoms with Crippen molar-refractivity contribution < 1.29 is 4.79 Å². The molecule has 0 aliphatic carbocycles. The maximum absolute atomic E-state index is 12.1. The lowest BCUT2D eigenvalue weighted by molar-refractivity contribution is -0.121. The minimum Gasteiger partial charge on any atom is -0.354 e. The molecule has 1 atom stereocenters. The molecule has 2 rings (SSSR count). The van der Waals surface area contributed by atoms with Crippen molar-refractivity contribution in [2.75, 3.05) is 0 Å². The quantitative estimate of drug-likeness (QED) is 0.773. The van der Waals surface area contributed by atoms with Crippen molar-refractivity contribution in [3.8, 4) is 0 Å². The van der Waals surface area contributed by atoms with Crippen LogP contribution in [0.4, 0.5) is 0 Å². The van der Waals surface area contributed by atoms with E-state index in [2.05, 4.69) is 67.7 Å². The van der Waals surface area contributed by atoms with E-state index in [0.717, 1.165) is 25.7 Å². The Kier molecular flexibility index (Phi) is 6.86. The van der Waals surface area contributed by atoms with Gasteiger partial charge in [0.1, 0.15) is 0 Å². The molecule has 0 heterocycles. The van der Waals surface area contributed by atoms with Crippen molar-refractivity contribution in [1.29, 1.82) is 0 Å². The van der Waals surface area contributed by atoms with Gasteiger partial charge in [0.05, 0.1) is 0 Å². The largest absolute Gasteiger partial charge is 0.354 e. The number of aryl methyl sites for hydroxylation is 3. The topological polar surface area (TPSA) is 29.1 Å². The number of hydrogen-bond acceptors (Lipinski definition) is 1. The normalized spacial score (nSPS) is 11.9. The van der Waals surface area contributed by atoms with Crippen molar-refractivity contribution in [3.05, 3.63) is 71.3 Å². The molecule has 0 bridgehead atoms. The molecule has 2 aromatic rings. The van der Waals surface area contributed by atoms with Crippen molar-refractivity contribution in [2.24, 2.45) is 0 Å². The molecule has 1 N–H and O–H groups in total. The molecule has 23 heavy (non-hydrogen) atoms. The lowest BCUT2D eigenvalue weighted by Gasteiger charge is -2.14. The van der Waals surface area contributed by atoms with Crippen LogP contribution in [0.1, 0.15) is 43.4 Å². The molecule has 2 aromatic carbocycles. The third kappa shape index (κ3) is 6.27. The van der Waals surface area contributed by atoms with Crippen molar-refractivity contribution in [2.45, 2.75) is 52.0 Å². The van der Waals surface area contributed by atoms with E-state index in [1.54, 1.807) is 0 Å². The van der Waals surface area contributed by atoms with E-state index in [0.29, 0.717) is 6.42 Å². The second-order valence-corrected chi connectivity index (χ2v) is 6.16. The molecule has 0 saturated carbocycles. The fraction of sp³-hybridized carbons (Fsp3) is 0.381. The molecule has 2 nitrogen and oxygen atoms in total. The number of hydrogen-bond donors (Lipinski definition) is 1. The fourth-order valence-electron chi connectivity index (χ4n) is 2.65. The summed E-state index contributed by atoms with van der Waals surface area (Å²) in [6, 6.07) is 19.2.